The van der Waals surface area contributed by atoms with Crippen molar-refractivity contribution in [1.29, 1.82) is 0 Å². The van der Waals surface area contributed by atoms with Gasteiger partial charge < -0.3 is 0 Å². The van der Waals surface area contributed by atoms with Gasteiger partial charge in [0.2, 0.25) is 0 Å². The van der Waals surface area contributed by atoms with Gasteiger partial charge in [0.1, 0.15) is 5.69 Å². The molecule has 0 atom stereocenters. The minimum absolute atomic E-state index is 0.138. The summed E-state index contributed by atoms with van der Waals surface area (Å²) < 4.78 is 2.62. The summed E-state index contributed by atoms with van der Waals surface area (Å²) in [6.07, 6.45) is 3.42. The van der Waals surface area contributed by atoms with Crippen LogP contribution in [0.25, 0.3) is 0 Å². The normalized spacial score (nSPS) is 9.50. The zero-order valence-electron chi connectivity index (χ0n) is 7.00. The summed E-state index contributed by atoms with van der Waals surface area (Å²) in [6, 6.07) is 3.67. The number of nitrogens with zero attached hydrogens (tertiary/aromatic N) is 1. The highest BCUT2D eigenvalue weighted by molar-refractivity contribution is 7.97. The van der Waals surface area contributed by atoms with Crippen LogP contribution in [0.5, 0.6) is 0 Å². The summed E-state index contributed by atoms with van der Waals surface area (Å²) in [4.78, 5) is 15.2. The standard InChI is InChI=1S/C8H10N2OS/c1-6-4-3-5-9-7(6)8(11)10-12-2/h3-5H,1-2H3,(H,10,11). The molecule has 1 N–H and O–H groups in total. The zero-order chi connectivity index (χ0) is 8.97. The van der Waals surface area contributed by atoms with Crippen LogP contribution in [-0.4, -0.2) is 17.1 Å². The summed E-state index contributed by atoms with van der Waals surface area (Å²) in [5.41, 5.74) is 1.39. The maximum absolute atomic E-state index is 11.3. The van der Waals surface area contributed by atoms with Gasteiger partial charge in [-0.15, -0.1) is 0 Å². The third-order valence-corrected chi connectivity index (χ3v) is 1.81. The van der Waals surface area contributed by atoms with Crippen molar-refractivity contribution in [2.24, 2.45) is 0 Å². The molecule has 1 aromatic rings. The second kappa shape index (κ2) is 4.11. The van der Waals surface area contributed by atoms with Crippen LogP contribution in [0.1, 0.15) is 16.1 Å². The number of pyridine rings is 1. The Bertz CT molecular complexity index is 288. The van der Waals surface area contributed by atoms with Crippen molar-refractivity contribution in [3.8, 4) is 0 Å². The van der Waals surface area contributed by atoms with Gasteiger partial charge in [-0.2, -0.15) is 0 Å². The van der Waals surface area contributed by atoms with Gasteiger partial charge in [0.05, 0.1) is 0 Å². The van der Waals surface area contributed by atoms with Gasteiger partial charge in [-0.3, -0.25) is 14.5 Å². The smallest absolute Gasteiger partial charge is 0.279 e. The molecule has 12 heavy (non-hydrogen) atoms. The maximum atomic E-state index is 11.3. The van der Waals surface area contributed by atoms with Crippen LogP contribution < -0.4 is 4.72 Å². The highest BCUT2D eigenvalue weighted by Crippen LogP contribution is 2.03. The van der Waals surface area contributed by atoms with Crippen molar-refractivity contribution in [3.63, 3.8) is 0 Å². The highest BCUT2D eigenvalue weighted by atomic mass is 32.2. The van der Waals surface area contributed by atoms with E-state index < -0.39 is 0 Å². The Kier molecular flexibility index (Phi) is 3.10. The Balaban J connectivity index is 2.87. The summed E-state index contributed by atoms with van der Waals surface area (Å²) in [5, 5.41) is 0. The minimum Gasteiger partial charge on any atom is -0.295 e. The third kappa shape index (κ3) is 1.98. The monoisotopic (exact) mass is 182 g/mol. The van der Waals surface area contributed by atoms with Crippen molar-refractivity contribution in [2.75, 3.05) is 6.26 Å². The average molecular weight is 182 g/mol. The van der Waals surface area contributed by atoms with E-state index in [2.05, 4.69) is 9.71 Å². The number of carbonyl (C=O) groups is 1. The molecule has 1 heterocycles. The predicted molar refractivity (Wildman–Crippen MR) is 50.0 cm³/mol. The van der Waals surface area contributed by atoms with E-state index >= 15 is 0 Å². The molecule has 0 aliphatic heterocycles. The Hall–Kier alpha value is -1.03. The van der Waals surface area contributed by atoms with Crippen LogP contribution in [-0.2, 0) is 0 Å². The summed E-state index contributed by atoms with van der Waals surface area (Å²) in [7, 11) is 0. The molecule has 0 saturated heterocycles. The van der Waals surface area contributed by atoms with Gasteiger partial charge in [0.25, 0.3) is 5.91 Å². The van der Waals surface area contributed by atoms with Gasteiger partial charge in [0, 0.05) is 12.5 Å². The van der Waals surface area contributed by atoms with Crippen molar-refractivity contribution < 1.29 is 4.79 Å². The largest absolute Gasteiger partial charge is 0.295 e. The quantitative estimate of drug-likeness (QED) is 0.703. The fourth-order valence-corrected chi connectivity index (χ4v) is 1.15. The third-order valence-electron chi connectivity index (χ3n) is 1.42. The van der Waals surface area contributed by atoms with E-state index in [1.54, 1.807) is 12.5 Å². The predicted octanol–water partition coefficient (Wildman–Crippen LogP) is 1.40. The molecular weight excluding hydrogens is 172 g/mol. The van der Waals surface area contributed by atoms with Crippen LogP contribution in [0, 0.1) is 6.92 Å². The second-order valence-electron chi connectivity index (χ2n) is 2.30. The molecule has 0 radical (unpaired) electrons. The number of rotatable bonds is 2. The van der Waals surface area contributed by atoms with E-state index in [0.717, 1.165) is 5.56 Å². The lowest BCUT2D eigenvalue weighted by Crippen LogP contribution is -2.17. The van der Waals surface area contributed by atoms with Crippen LogP contribution in [0.15, 0.2) is 18.3 Å². The number of amides is 1. The molecule has 1 rings (SSSR count). The molecule has 1 aromatic heterocycles. The Morgan fingerprint density at radius 2 is 2.42 bits per heavy atom. The van der Waals surface area contributed by atoms with Crippen LogP contribution >= 0.6 is 11.9 Å². The molecule has 0 aromatic carbocycles. The zero-order valence-corrected chi connectivity index (χ0v) is 7.81. The molecule has 0 saturated carbocycles. The van der Waals surface area contributed by atoms with E-state index in [1.807, 2.05) is 19.1 Å². The first kappa shape index (κ1) is 9.06. The topological polar surface area (TPSA) is 42.0 Å². The molecule has 0 bridgehead atoms. The Morgan fingerprint density at radius 3 is 3.00 bits per heavy atom. The van der Waals surface area contributed by atoms with Crippen molar-refractivity contribution in [1.82, 2.24) is 9.71 Å². The summed E-state index contributed by atoms with van der Waals surface area (Å²) in [5.74, 6) is -0.138. The molecule has 4 heteroatoms. The van der Waals surface area contributed by atoms with Crippen molar-refractivity contribution >= 4 is 17.9 Å². The molecule has 64 valence electrons. The fraction of sp³-hybridized carbons (Fsp3) is 0.250. The number of hydrogen-bond donors (Lipinski definition) is 1. The van der Waals surface area contributed by atoms with Gasteiger partial charge in [-0.05, 0) is 18.6 Å². The maximum Gasteiger partial charge on any atom is 0.279 e. The fourth-order valence-electron chi connectivity index (χ4n) is 0.864. The summed E-state index contributed by atoms with van der Waals surface area (Å²) in [6.45, 7) is 1.86. The summed E-state index contributed by atoms with van der Waals surface area (Å²) >= 11 is 1.27. The second-order valence-corrected chi connectivity index (χ2v) is 2.92. The van der Waals surface area contributed by atoms with E-state index in [0.29, 0.717) is 5.69 Å². The molecule has 0 aliphatic carbocycles. The SMILES string of the molecule is CSNC(=O)c1ncccc1C. The van der Waals surface area contributed by atoms with E-state index in [9.17, 15) is 4.79 Å². The molecule has 0 spiro atoms. The number of aryl methyl sites for hydroxylation is 1. The highest BCUT2D eigenvalue weighted by Gasteiger charge is 2.07. The van der Waals surface area contributed by atoms with Gasteiger partial charge in [-0.1, -0.05) is 18.0 Å². The number of nitrogens with one attached hydrogen (secondary N) is 1. The van der Waals surface area contributed by atoms with E-state index in [4.69, 9.17) is 0 Å². The van der Waals surface area contributed by atoms with Crippen molar-refractivity contribution in [3.05, 3.63) is 29.6 Å². The van der Waals surface area contributed by atoms with Gasteiger partial charge in [-0.25, -0.2) is 0 Å². The molecule has 1 amide bonds. The Morgan fingerprint density at radius 1 is 1.67 bits per heavy atom. The number of hydrogen-bond acceptors (Lipinski definition) is 3. The van der Waals surface area contributed by atoms with Crippen LogP contribution in [0.2, 0.25) is 0 Å². The first-order chi connectivity index (χ1) is 5.75. The number of aromatic nitrogens is 1. The van der Waals surface area contributed by atoms with Crippen molar-refractivity contribution in [2.45, 2.75) is 6.92 Å². The van der Waals surface area contributed by atoms with E-state index in [-0.39, 0.29) is 5.91 Å². The Labute approximate surface area is 75.7 Å². The minimum atomic E-state index is -0.138. The molecule has 0 aliphatic rings. The molecule has 3 nitrogen and oxygen atoms in total. The van der Waals surface area contributed by atoms with Gasteiger partial charge >= 0.3 is 0 Å². The molecule has 0 fully saturated rings. The first-order valence-corrected chi connectivity index (χ1v) is 4.73. The lowest BCUT2D eigenvalue weighted by Gasteiger charge is -2.02. The number of carbonyl (C=O) groups excluding carboxylic acids is 1. The van der Waals surface area contributed by atoms with E-state index in [1.165, 1.54) is 11.9 Å². The average Bonchev–Trinajstić information content (AvgIpc) is 2.05. The first-order valence-electron chi connectivity index (χ1n) is 3.50. The van der Waals surface area contributed by atoms with Crippen LogP contribution in [0.3, 0.4) is 0 Å². The molecular formula is C8H10N2OS. The van der Waals surface area contributed by atoms with Crippen LogP contribution in [0.4, 0.5) is 0 Å². The lowest BCUT2D eigenvalue weighted by atomic mass is 10.2. The van der Waals surface area contributed by atoms with Gasteiger partial charge in [0.15, 0.2) is 0 Å². The lowest BCUT2D eigenvalue weighted by molar-refractivity contribution is 0.0979. The molecule has 0 unspecified atom stereocenters.